The first-order valence-corrected chi connectivity index (χ1v) is 6.93. The Bertz CT molecular complexity index is 423. The number of nitrogens with zero attached hydrogens (tertiary/aromatic N) is 1. The zero-order chi connectivity index (χ0) is 13.8. The molecule has 1 heterocycles. The first kappa shape index (κ1) is 15.3. The Labute approximate surface area is 118 Å². The number of aryl methyl sites for hydroxylation is 2. The first-order chi connectivity index (χ1) is 8.48. The fraction of sp³-hybridized carbons (Fsp3) is 0.538. The fourth-order valence-electron chi connectivity index (χ4n) is 1.61. The number of pyridine rings is 1. The summed E-state index contributed by atoms with van der Waals surface area (Å²) in [5, 5.41) is 2.91. The zero-order valence-corrected chi connectivity index (χ0v) is 12.4. The molecule has 1 rings (SSSR count). The number of hydrogen-bond donors (Lipinski definition) is 1. The molecule has 1 aromatic heterocycles. The Kier molecular flexibility index (Phi) is 5.42. The third-order valence-corrected chi connectivity index (χ3v) is 4.06. The Morgan fingerprint density at radius 2 is 1.94 bits per heavy atom. The molecule has 0 fully saturated rings. The van der Waals surface area contributed by atoms with E-state index < -0.39 is 5.54 Å². The van der Waals surface area contributed by atoms with E-state index in [0.717, 1.165) is 5.69 Å². The van der Waals surface area contributed by atoms with Crippen LogP contribution in [0.1, 0.15) is 35.1 Å². The van der Waals surface area contributed by atoms with E-state index in [4.69, 9.17) is 23.2 Å². The highest BCUT2D eigenvalue weighted by atomic mass is 35.5. The molecule has 0 atom stereocenters. The lowest BCUT2D eigenvalue weighted by Crippen LogP contribution is -2.51. The van der Waals surface area contributed by atoms with Crippen molar-refractivity contribution in [3.05, 3.63) is 29.1 Å². The lowest BCUT2D eigenvalue weighted by molar-refractivity contribution is 0.0912. The molecule has 1 amide bonds. The molecular weight excluding hydrogens is 271 g/mol. The molecule has 0 bridgehead atoms. The van der Waals surface area contributed by atoms with Crippen molar-refractivity contribution in [2.75, 3.05) is 11.8 Å². The van der Waals surface area contributed by atoms with Gasteiger partial charge in [-0.3, -0.25) is 9.78 Å². The lowest BCUT2D eigenvalue weighted by Gasteiger charge is -2.29. The van der Waals surface area contributed by atoms with E-state index >= 15 is 0 Å². The average Bonchev–Trinajstić information content (AvgIpc) is 2.36. The predicted molar refractivity (Wildman–Crippen MR) is 75.6 cm³/mol. The Morgan fingerprint density at radius 3 is 2.39 bits per heavy atom. The minimum absolute atomic E-state index is 0.178. The van der Waals surface area contributed by atoms with Gasteiger partial charge in [-0.25, -0.2) is 0 Å². The maximum atomic E-state index is 12.2. The summed E-state index contributed by atoms with van der Waals surface area (Å²) in [6.07, 6.45) is 0.685. The van der Waals surface area contributed by atoms with Crippen LogP contribution < -0.4 is 5.32 Å². The highest BCUT2D eigenvalue weighted by molar-refractivity contribution is 6.22. The van der Waals surface area contributed by atoms with E-state index in [1.54, 1.807) is 6.07 Å². The molecule has 1 aromatic rings. The van der Waals surface area contributed by atoms with Crippen LogP contribution in [0.4, 0.5) is 0 Å². The van der Waals surface area contributed by atoms with Gasteiger partial charge < -0.3 is 5.32 Å². The Hall–Kier alpha value is -0.800. The second-order valence-electron chi connectivity index (χ2n) is 4.44. The molecule has 18 heavy (non-hydrogen) atoms. The molecule has 0 saturated heterocycles. The van der Waals surface area contributed by atoms with Crippen LogP contribution in [0.5, 0.6) is 0 Å². The van der Waals surface area contributed by atoms with Crippen LogP contribution in [-0.4, -0.2) is 28.2 Å². The van der Waals surface area contributed by atoms with Gasteiger partial charge in [-0.2, -0.15) is 0 Å². The molecule has 0 aliphatic heterocycles. The second-order valence-corrected chi connectivity index (χ2v) is 4.98. The SMILES string of the molecule is CCC(CCl)(CCl)NC(=O)c1ccc(C)nc1C. The van der Waals surface area contributed by atoms with Gasteiger partial charge in [0.25, 0.3) is 5.91 Å². The van der Waals surface area contributed by atoms with Crippen molar-refractivity contribution in [2.24, 2.45) is 0 Å². The third kappa shape index (κ3) is 3.36. The topological polar surface area (TPSA) is 42.0 Å². The number of amides is 1. The zero-order valence-electron chi connectivity index (χ0n) is 10.9. The molecule has 0 aliphatic rings. The summed E-state index contributed by atoms with van der Waals surface area (Å²) in [5.74, 6) is 0.400. The first-order valence-electron chi connectivity index (χ1n) is 5.86. The van der Waals surface area contributed by atoms with Gasteiger partial charge in [0.05, 0.1) is 16.8 Å². The Morgan fingerprint density at radius 1 is 1.33 bits per heavy atom. The van der Waals surface area contributed by atoms with Crippen molar-refractivity contribution in [1.82, 2.24) is 10.3 Å². The predicted octanol–water partition coefficient (Wildman–Crippen LogP) is 3.05. The van der Waals surface area contributed by atoms with Crippen LogP contribution in [0.25, 0.3) is 0 Å². The van der Waals surface area contributed by atoms with Gasteiger partial charge in [0.15, 0.2) is 0 Å². The van der Waals surface area contributed by atoms with Crippen LogP contribution in [0, 0.1) is 13.8 Å². The van der Waals surface area contributed by atoms with Crippen molar-refractivity contribution in [3.8, 4) is 0 Å². The smallest absolute Gasteiger partial charge is 0.253 e. The van der Waals surface area contributed by atoms with Gasteiger partial charge in [-0.05, 0) is 32.4 Å². The third-order valence-electron chi connectivity index (χ3n) is 3.04. The van der Waals surface area contributed by atoms with E-state index in [-0.39, 0.29) is 17.7 Å². The molecule has 5 heteroatoms. The summed E-state index contributed by atoms with van der Waals surface area (Å²) in [5.41, 5.74) is 1.60. The van der Waals surface area contributed by atoms with Gasteiger partial charge in [0.1, 0.15) is 0 Å². The van der Waals surface area contributed by atoms with Crippen molar-refractivity contribution in [2.45, 2.75) is 32.7 Å². The van der Waals surface area contributed by atoms with Crippen LogP contribution in [-0.2, 0) is 0 Å². The number of aromatic nitrogens is 1. The quantitative estimate of drug-likeness (QED) is 0.846. The summed E-state index contributed by atoms with van der Waals surface area (Å²) in [6.45, 7) is 5.66. The number of rotatable bonds is 5. The van der Waals surface area contributed by atoms with Gasteiger partial charge in [0, 0.05) is 17.5 Å². The van der Waals surface area contributed by atoms with Crippen LogP contribution in [0.2, 0.25) is 0 Å². The molecular formula is C13H18Cl2N2O. The summed E-state index contributed by atoms with van der Waals surface area (Å²) >= 11 is 11.8. The second kappa shape index (κ2) is 6.39. The van der Waals surface area contributed by atoms with Crippen molar-refractivity contribution >= 4 is 29.1 Å². The molecule has 0 aliphatic carbocycles. The summed E-state index contributed by atoms with van der Waals surface area (Å²) < 4.78 is 0. The van der Waals surface area contributed by atoms with Crippen molar-refractivity contribution in [3.63, 3.8) is 0 Å². The lowest BCUT2D eigenvalue weighted by atomic mass is 10.0. The minimum Gasteiger partial charge on any atom is -0.344 e. The highest BCUT2D eigenvalue weighted by Crippen LogP contribution is 2.16. The monoisotopic (exact) mass is 288 g/mol. The Balaban J connectivity index is 2.94. The molecule has 0 aromatic carbocycles. The normalized spacial score (nSPS) is 11.4. The van der Waals surface area contributed by atoms with E-state index in [1.165, 1.54) is 0 Å². The molecule has 0 unspecified atom stereocenters. The minimum atomic E-state index is -0.558. The van der Waals surface area contributed by atoms with Crippen LogP contribution >= 0.6 is 23.2 Å². The summed E-state index contributed by atoms with van der Waals surface area (Å²) in [6, 6.07) is 3.59. The number of carbonyl (C=O) groups excluding carboxylic acids is 1. The average molecular weight is 289 g/mol. The van der Waals surface area contributed by atoms with Crippen molar-refractivity contribution < 1.29 is 4.79 Å². The number of alkyl halides is 2. The van der Waals surface area contributed by atoms with E-state index in [9.17, 15) is 4.79 Å². The fourth-order valence-corrected chi connectivity index (χ4v) is 2.41. The molecule has 0 radical (unpaired) electrons. The molecule has 3 nitrogen and oxygen atoms in total. The number of hydrogen-bond acceptors (Lipinski definition) is 2. The largest absolute Gasteiger partial charge is 0.344 e. The maximum Gasteiger partial charge on any atom is 0.253 e. The van der Waals surface area contributed by atoms with E-state index in [1.807, 2.05) is 26.8 Å². The number of nitrogens with one attached hydrogen (secondary N) is 1. The highest BCUT2D eigenvalue weighted by Gasteiger charge is 2.29. The molecule has 1 N–H and O–H groups in total. The van der Waals surface area contributed by atoms with Gasteiger partial charge in [0.2, 0.25) is 0 Å². The van der Waals surface area contributed by atoms with E-state index in [0.29, 0.717) is 17.7 Å². The number of carbonyl (C=O) groups is 1. The standard InChI is InChI=1S/C13H18Cl2N2O/c1-4-13(7-14,8-15)17-12(18)11-6-5-9(2)16-10(11)3/h5-6H,4,7-8H2,1-3H3,(H,17,18). The molecule has 0 spiro atoms. The van der Waals surface area contributed by atoms with Gasteiger partial charge in [-0.1, -0.05) is 6.92 Å². The summed E-state index contributed by atoms with van der Waals surface area (Å²) in [4.78, 5) is 16.5. The maximum absolute atomic E-state index is 12.2. The van der Waals surface area contributed by atoms with Crippen LogP contribution in [0.3, 0.4) is 0 Å². The van der Waals surface area contributed by atoms with Crippen LogP contribution in [0.15, 0.2) is 12.1 Å². The van der Waals surface area contributed by atoms with E-state index in [2.05, 4.69) is 10.3 Å². The molecule has 0 saturated carbocycles. The molecule has 100 valence electrons. The van der Waals surface area contributed by atoms with Crippen molar-refractivity contribution in [1.29, 1.82) is 0 Å². The van der Waals surface area contributed by atoms with Gasteiger partial charge >= 0.3 is 0 Å². The van der Waals surface area contributed by atoms with Gasteiger partial charge in [-0.15, -0.1) is 23.2 Å². The number of halogens is 2. The summed E-state index contributed by atoms with van der Waals surface area (Å²) in [7, 11) is 0.